The summed E-state index contributed by atoms with van der Waals surface area (Å²) >= 11 is 0. The molecular weight excluding hydrogens is 1240 g/mol. The maximum absolute atomic E-state index is 13.2. The third-order valence-corrected chi connectivity index (χ3v) is 15.6. The van der Waals surface area contributed by atoms with Crippen LogP contribution in [0.15, 0.2) is 142 Å². The van der Waals surface area contributed by atoms with Gasteiger partial charge in [0.2, 0.25) is 16.3 Å². The van der Waals surface area contributed by atoms with E-state index in [9.17, 15) is 43.5 Å². The number of aromatic nitrogens is 3. The highest BCUT2D eigenvalue weighted by atomic mass is 16.7. The van der Waals surface area contributed by atoms with Crippen molar-refractivity contribution >= 4 is 79.9 Å². The Labute approximate surface area is 573 Å². The SMILES string of the molecule is C.C.CC(C)(C)c1cc(C(C)(C)C)c(NC(=O)c2c[nH]c3ccccc3c2=O)cc1O.COC(=O)Oc1cc(N)c(C(C)(C)C)cc1C(C)(C)C.COC(=O)Oc1cc(NC(=O)c2c[nH]c3ccccc3c2=O)c(C(C)(C)C)cc1C(C)(C)C.O=C(O)c1c[nH]c2ccccc2c1=O. The monoisotopic (exact) mass is 1340 g/mol. The van der Waals surface area contributed by atoms with Crippen molar-refractivity contribution in [2.75, 3.05) is 30.6 Å². The summed E-state index contributed by atoms with van der Waals surface area (Å²) in [7, 11) is 2.52. The Bertz CT molecular complexity index is 4610. The first-order chi connectivity index (χ1) is 44.4. The van der Waals surface area contributed by atoms with Gasteiger partial charge in [0, 0.05) is 97.7 Å². The number of benzene rings is 6. The number of pyridine rings is 3. The molecule has 0 aliphatic heterocycles. The van der Waals surface area contributed by atoms with Crippen molar-refractivity contribution in [2.24, 2.45) is 0 Å². The normalized spacial score (nSPS) is 11.6. The highest BCUT2D eigenvalue weighted by molar-refractivity contribution is 6.07. The molecule has 20 heteroatoms. The number of nitrogen functional groups attached to an aromatic ring is 1. The van der Waals surface area contributed by atoms with Gasteiger partial charge in [-0.2, -0.15) is 0 Å². The summed E-state index contributed by atoms with van der Waals surface area (Å²) < 4.78 is 19.9. The van der Waals surface area contributed by atoms with E-state index >= 15 is 0 Å². The minimum atomic E-state index is -1.21. The van der Waals surface area contributed by atoms with Gasteiger partial charge in [0.15, 0.2) is 0 Å². The largest absolute Gasteiger partial charge is 0.513 e. The van der Waals surface area contributed by atoms with E-state index in [0.717, 1.165) is 33.4 Å². The van der Waals surface area contributed by atoms with Crippen LogP contribution in [-0.4, -0.2) is 69.5 Å². The minimum Gasteiger partial charge on any atom is -0.508 e. The number of ether oxygens (including phenoxy) is 4. The molecule has 9 rings (SSSR count). The molecule has 0 aliphatic carbocycles. The number of phenolic OH excluding ortho intramolecular Hbond substituents is 1. The van der Waals surface area contributed by atoms with Crippen LogP contribution in [-0.2, 0) is 42.0 Å². The van der Waals surface area contributed by atoms with Gasteiger partial charge >= 0.3 is 18.3 Å². The van der Waals surface area contributed by atoms with Crippen molar-refractivity contribution in [3.8, 4) is 17.2 Å². The number of rotatable bonds is 7. The molecular formula is C78H98N6O14. The van der Waals surface area contributed by atoms with Gasteiger partial charge in [-0.1, -0.05) is 176 Å². The number of fused-ring (bicyclic) bond motifs is 3. The van der Waals surface area contributed by atoms with Crippen molar-refractivity contribution in [2.45, 2.75) is 172 Å². The number of amides is 2. The summed E-state index contributed by atoms with van der Waals surface area (Å²) in [6, 6.07) is 31.7. The van der Waals surface area contributed by atoms with Gasteiger partial charge in [0.25, 0.3) is 11.8 Å². The summed E-state index contributed by atoms with van der Waals surface area (Å²) in [5.74, 6) is -1.42. The molecule has 0 unspecified atom stereocenters. The second kappa shape index (κ2) is 31.1. The lowest BCUT2D eigenvalue weighted by molar-refractivity contribution is 0.0694. The number of para-hydroxylation sites is 3. The number of carbonyl (C=O) groups excluding carboxylic acids is 4. The number of H-pyrrole nitrogens is 3. The Morgan fingerprint density at radius 3 is 1.04 bits per heavy atom. The number of nitrogens with one attached hydrogen (secondary N) is 5. The first kappa shape index (κ1) is 79.9. The number of methoxy groups -OCH3 is 2. The number of phenols is 1. The summed E-state index contributed by atoms with van der Waals surface area (Å²) in [5, 5.41) is 26.3. The molecule has 0 fully saturated rings. The summed E-state index contributed by atoms with van der Waals surface area (Å²) in [6.07, 6.45) is 2.46. The van der Waals surface area contributed by atoms with Gasteiger partial charge in [-0.25, -0.2) is 14.4 Å². The van der Waals surface area contributed by atoms with Crippen LogP contribution < -0.4 is 42.1 Å². The van der Waals surface area contributed by atoms with Crippen LogP contribution in [0.2, 0.25) is 0 Å². The molecule has 9 aromatic rings. The summed E-state index contributed by atoms with van der Waals surface area (Å²) in [4.78, 5) is 106. The highest BCUT2D eigenvalue weighted by Gasteiger charge is 2.31. The Morgan fingerprint density at radius 2 is 0.704 bits per heavy atom. The molecule has 0 aliphatic rings. The third-order valence-electron chi connectivity index (χ3n) is 15.6. The van der Waals surface area contributed by atoms with Crippen molar-refractivity contribution < 1.29 is 53.1 Å². The molecule has 0 saturated heterocycles. The van der Waals surface area contributed by atoms with Crippen LogP contribution in [0.5, 0.6) is 17.2 Å². The second-order valence-electron chi connectivity index (χ2n) is 29.3. The quantitative estimate of drug-likeness (QED) is 0.0418. The van der Waals surface area contributed by atoms with Crippen LogP contribution >= 0.6 is 0 Å². The second-order valence-corrected chi connectivity index (χ2v) is 29.3. The van der Waals surface area contributed by atoms with E-state index in [2.05, 4.69) is 76.6 Å². The number of hydrogen-bond donors (Lipinski definition) is 8. The molecule has 98 heavy (non-hydrogen) atoms. The van der Waals surface area contributed by atoms with Crippen molar-refractivity contribution in [1.82, 2.24) is 15.0 Å². The zero-order chi connectivity index (χ0) is 72.0. The predicted molar refractivity (Wildman–Crippen MR) is 394 cm³/mol. The number of nitrogens with two attached hydrogens (primary N) is 1. The molecule has 0 spiro atoms. The number of hydrogen-bond acceptors (Lipinski definition) is 14. The van der Waals surface area contributed by atoms with E-state index in [4.69, 9.17) is 20.3 Å². The Kier molecular flexibility index (Phi) is 25.4. The number of aromatic carboxylic acids is 1. The molecule has 3 aromatic heterocycles. The van der Waals surface area contributed by atoms with Crippen LogP contribution in [0.25, 0.3) is 32.7 Å². The Balaban J connectivity index is 0.000000287. The maximum atomic E-state index is 13.2. The van der Waals surface area contributed by atoms with Gasteiger partial charge in [0.05, 0.1) is 14.2 Å². The van der Waals surface area contributed by atoms with Gasteiger partial charge in [-0.05, 0) is 109 Å². The number of aromatic amines is 3. The maximum Gasteiger partial charge on any atom is 0.513 e. The number of aromatic hydroxyl groups is 1. The third kappa shape index (κ3) is 19.4. The molecule has 2 amide bonds. The first-order valence-electron chi connectivity index (χ1n) is 31.1. The molecule has 524 valence electrons. The average molecular weight is 1340 g/mol. The molecule has 0 radical (unpaired) electrons. The average Bonchev–Trinajstić information content (AvgIpc) is 0.787. The minimum absolute atomic E-state index is 0. The summed E-state index contributed by atoms with van der Waals surface area (Å²) in [5.41, 5.74) is 12.1. The number of anilines is 3. The smallest absolute Gasteiger partial charge is 0.508 e. The first-order valence-corrected chi connectivity index (χ1v) is 31.1. The van der Waals surface area contributed by atoms with Crippen LogP contribution in [0.1, 0.15) is 204 Å². The zero-order valence-electron chi connectivity index (χ0n) is 58.5. The van der Waals surface area contributed by atoms with E-state index in [0.29, 0.717) is 55.5 Å². The lowest BCUT2D eigenvalue weighted by atomic mass is 9.79. The number of carbonyl (C=O) groups is 5. The van der Waals surface area contributed by atoms with Gasteiger partial charge in [-0.3, -0.25) is 24.0 Å². The van der Waals surface area contributed by atoms with E-state index in [-0.39, 0.29) is 86.4 Å². The number of carboxylic acid groups (broad SMARTS) is 1. The van der Waals surface area contributed by atoms with Crippen molar-refractivity contribution in [3.05, 3.63) is 209 Å². The molecule has 9 N–H and O–H groups in total. The molecule has 0 bridgehead atoms. The fraction of sp³-hybridized carbons (Fsp3) is 0.359. The molecule has 6 aromatic carbocycles. The van der Waals surface area contributed by atoms with Crippen molar-refractivity contribution in [1.29, 1.82) is 0 Å². The molecule has 0 atom stereocenters. The standard InChI is InChI=1S/C26H30N2O5.C24H28N2O3.C16H25NO3.C10H7NO3.2CH4/c1-25(2,3)17-12-18(26(4,5)6)21(33-24(31)32-7)13-20(17)28-23(30)16-14-27-19-11-9-8-10-15(19)22(16)29;1-23(2,3)16-11-17(24(4,5)6)20(27)12-19(16)26-22(29)15-13-25-18-10-8-7-9-14(18)21(15)28;1-15(2,3)10-8-11(16(4,5)6)13(9-12(10)17)20-14(18)19-7;12-9-6-3-1-2-4-8(6)11-5-7(9)10(13)14;;/h8-14H,1-7H3,(H,27,29)(H,28,30);7-13,27H,1-6H3,(H,25,28)(H,26,29);8-9H,17H2,1-7H3;1-5H,(H,11,12)(H,13,14);2*1H4. The molecule has 0 saturated carbocycles. The van der Waals surface area contributed by atoms with E-state index < -0.39 is 35.5 Å². The number of carboxylic acids is 1. The van der Waals surface area contributed by atoms with Gasteiger partial charge in [-0.15, -0.1) is 0 Å². The fourth-order valence-electron chi connectivity index (χ4n) is 10.4. The Hall–Kier alpha value is -10.5. The molecule has 20 nitrogen and oxygen atoms in total. The van der Waals surface area contributed by atoms with Gasteiger partial charge < -0.3 is 60.5 Å². The van der Waals surface area contributed by atoms with Crippen molar-refractivity contribution in [3.63, 3.8) is 0 Å². The van der Waals surface area contributed by atoms with Crippen LogP contribution in [0, 0.1) is 0 Å². The topological polar surface area (TPSA) is 311 Å². The lowest BCUT2D eigenvalue weighted by Gasteiger charge is -2.29. The lowest BCUT2D eigenvalue weighted by Crippen LogP contribution is -2.25. The van der Waals surface area contributed by atoms with Crippen LogP contribution in [0.3, 0.4) is 0 Å². The van der Waals surface area contributed by atoms with Crippen LogP contribution in [0.4, 0.5) is 26.7 Å². The summed E-state index contributed by atoms with van der Waals surface area (Å²) in [6.45, 7) is 36.8. The van der Waals surface area contributed by atoms with Gasteiger partial charge in [0.1, 0.15) is 33.9 Å². The Morgan fingerprint density at radius 1 is 0.408 bits per heavy atom. The highest BCUT2D eigenvalue weighted by Crippen LogP contribution is 2.43. The van der Waals surface area contributed by atoms with E-state index in [1.54, 1.807) is 78.9 Å². The zero-order valence-corrected chi connectivity index (χ0v) is 58.5. The molecule has 3 heterocycles. The fourth-order valence-corrected chi connectivity index (χ4v) is 10.4. The van der Waals surface area contributed by atoms with E-state index in [1.807, 2.05) is 113 Å². The van der Waals surface area contributed by atoms with E-state index in [1.165, 1.54) is 32.8 Å². The predicted octanol–water partition coefficient (Wildman–Crippen LogP) is 17.1.